The molecular weight excluding hydrogens is 260 g/mol. The number of benzene rings is 1. The Bertz CT molecular complexity index is 382. The number of hydrogen-bond acceptors (Lipinski definition) is 2. The third kappa shape index (κ3) is 5.87. The van der Waals surface area contributed by atoms with Gasteiger partial charge in [0.15, 0.2) is 0 Å². The largest absolute Gasteiger partial charge is 0.434 e. The van der Waals surface area contributed by atoms with E-state index in [0.29, 0.717) is 5.92 Å². The van der Waals surface area contributed by atoms with E-state index in [9.17, 15) is 8.78 Å². The van der Waals surface area contributed by atoms with Crippen LogP contribution < -0.4 is 10.1 Å². The van der Waals surface area contributed by atoms with E-state index in [2.05, 4.69) is 30.8 Å². The van der Waals surface area contributed by atoms with Gasteiger partial charge in [0, 0.05) is 11.6 Å². The molecule has 0 aliphatic rings. The van der Waals surface area contributed by atoms with Gasteiger partial charge >= 0.3 is 6.61 Å². The Labute approximate surface area is 120 Å². The van der Waals surface area contributed by atoms with Crippen molar-refractivity contribution < 1.29 is 13.5 Å². The zero-order valence-electron chi connectivity index (χ0n) is 12.5. The van der Waals surface area contributed by atoms with E-state index in [1.165, 1.54) is 0 Å². The molecule has 0 aromatic heterocycles. The van der Waals surface area contributed by atoms with Crippen molar-refractivity contribution in [3.05, 3.63) is 29.8 Å². The summed E-state index contributed by atoms with van der Waals surface area (Å²) in [6.07, 6.45) is 2.97. The van der Waals surface area contributed by atoms with E-state index in [1.54, 1.807) is 12.1 Å². The summed E-state index contributed by atoms with van der Waals surface area (Å²) in [4.78, 5) is 0. The highest BCUT2D eigenvalue weighted by Gasteiger charge is 2.17. The van der Waals surface area contributed by atoms with Crippen LogP contribution in [0.1, 0.15) is 51.6 Å². The van der Waals surface area contributed by atoms with Gasteiger partial charge < -0.3 is 10.1 Å². The number of rotatable bonds is 9. The fourth-order valence-electron chi connectivity index (χ4n) is 2.16. The van der Waals surface area contributed by atoms with Crippen LogP contribution in [0.5, 0.6) is 5.75 Å². The van der Waals surface area contributed by atoms with Crippen LogP contribution in [0, 0.1) is 5.92 Å². The van der Waals surface area contributed by atoms with Crippen molar-refractivity contribution in [1.82, 2.24) is 5.32 Å². The minimum absolute atomic E-state index is 0.0623. The molecule has 2 nitrogen and oxygen atoms in total. The van der Waals surface area contributed by atoms with Gasteiger partial charge in [0.05, 0.1) is 0 Å². The zero-order valence-corrected chi connectivity index (χ0v) is 12.5. The van der Waals surface area contributed by atoms with E-state index in [0.717, 1.165) is 31.4 Å². The molecule has 0 radical (unpaired) electrons. The highest BCUT2D eigenvalue weighted by Crippen LogP contribution is 2.30. The monoisotopic (exact) mass is 285 g/mol. The molecular formula is C16H25F2NO. The summed E-state index contributed by atoms with van der Waals surface area (Å²) < 4.78 is 29.6. The summed E-state index contributed by atoms with van der Waals surface area (Å²) in [5, 5.41) is 3.43. The van der Waals surface area contributed by atoms with Crippen molar-refractivity contribution in [3.8, 4) is 5.75 Å². The second-order valence-corrected chi connectivity index (χ2v) is 5.39. The number of halogens is 2. The first-order valence-corrected chi connectivity index (χ1v) is 7.31. The van der Waals surface area contributed by atoms with Crippen LogP contribution in [0.2, 0.25) is 0 Å². The van der Waals surface area contributed by atoms with E-state index in [4.69, 9.17) is 0 Å². The van der Waals surface area contributed by atoms with E-state index < -0.39 is 6.61 Å². The highest BCUT2D eigenvalue weighted by atomic mass is 19.3. The molecule has 1 rings (SSSR count). The lowest BCUT2D eigenvalue weighted by molar-refractivity contribution is -0.0507. The first kappa shape index (κ1) is 16.9. The van der Waals surface area contributed by atoms with Crippen LogP contribution in [0.25, 0.3) is 0 Å². The van der Waals surface area contributed by atoms with Gasteiger partial charge in [-0.1, -0.05) is 39.0 Å². The molecule has 20 heavy (non-hydrogen) atoms. The predicted molar refractivity (Wildman–Crippen MR) is 78.2 cm³/mol. The lowest BCUT2D eigenvalue weighted by atomic mass is 9.97. The molecule has 114 valence electrons. The summed E-state index contributed by atoms with van der Waals surface area (Å²) >= 11 is 0. The second kappa shape index (κ2) is 8.90. The van der Waals surface area contributed by atoms with Crippen molar-refractivity contribution in [2.24, 2.45) is 5.92 Å². The Kier molecular flexibility index (Phi) is 7.52. The summed E-state index contributed by atoms with van der Waals surface area (Å²) in [6, 6.07) is 7.12. The number of alkyl halides is 2. The molecule has 0 fully saturated rings. The van der Waals surface area contributed by atoms with Gasteiger partial charge in [-0.3, -0.25) is 0 Å². The van der Waals surface area contributed by atoms with Gasteiger partial charge in [-0.15, -0.1) is 0 Å². The van der Waals surface area contributed by atoms with E-state index in [-0.39, 0.29) is 11.8 Å². The molecule has 0 bridgehead atoms. The molecule has 1 N–H and O–H groups in total. The Hall–Kier alpha value is -1.16. The number of nitrogens with one attached hydrogen (secondary N) is 1. The SMILES string of the molecule is CCCNC(CCC(C)C)c1ccccc1OC(F)F. The lowest BCUT2D eigenvalue weighted by Crippen LogP contribution is -2.23. The van der Waals surface area contributed by atoms with Crippen LogP contribution >= 0.6 is 0 Å². The van der Waals surface area contributed by atoms with Gasteiger partial charge in [0.25, 0.3) is 0 Å². The van der Waals surface area contributed by atoms with Gasteiger partial charge in [0.2, 0.25) is 0 Å². The maximum Gasteiger partial charge on any atom is 0.387 e. The van der Waals surface area contributed by atoms with Crippen LogP contribution in [-0.2, 0) is 0 Å². The Morgan fingerprint density at radius 3 is 2.45 bits per heavy atom. The van der Waals surface area contributed by atoms with Crippen molar-refractivity contribution in [1.29, 1.82) is 0 Å². The number of hydrogen-bond donors (Lipinski definition) is 1. The number of ether oxygens (including phenoxy) is 1. The van der Waals surface area contributed by atoms with Crippen molar-refractivity contribution in [2.45, 2.75) is 52.7 Å². The highest BCUT2D eigenvalue weighted by molar-refractivity contribution is 5.36. The Morgan fingerprint density at radius 2 is 1.85 bits per heavy atom. The summed E-state index contributed by atoms with van der Waals surface area (Å²) in [5.74, 6) is 0.865. The van der Waals surface area contributed by atoms with E-state index >= 15 is 0 Å². The molecule has 1 unspecified atom stereocenters. The fourth-order valence-corrected chi connectivity index (χ4v) is 2.16. The second-order valence-electron chi connectivity index (χ2n) is 5.39. The minimum atomic E-state index is -2.78. The summed E-state index contributed by atoms with van der Waals surface area (Å²) in [6.45, 7) is 4.50. The topological polar surface area (TPSA) is 21.3 Å². The maximum absolute atomic E-state index is 12.5. The van der Waals surface area contributed by atoms with Crippen LogP contribution in [0.4, 0.5) is 8.78 Å². The van der Waals surface area contributed by atoms with Gasteiger partial charge in [0.1, 0.15) is 5.75 Å². The van der Waals surface area contributed by atoms with Gasteiger partial charge in [-0.25, -0.2) is 0 Å². The summed E-state index contributed by atoms with van der Waals surface area (Å²) in [5.41, 5.74) is 0.821. The smallest absolute Gasteiger partial charge is 0.387 e. The minimum Gasteiger partial charge on any atom is -0.434 e. The first-order chi connectivity index (χ1) is 9.54. The molecule has 0 heterocycles. The quantitative estimate of drug-likeness (QED) is 0.706. The molecule has 0 aliphatic carbocycles. The third-order valence-electron chi connectivity index (χ3n) is 3.18. The van der Waals surface area contributed by atoms with Crippen molar-refractivity contribution >= 4 is 0 Å². The van der Waals surface area contributed by atoms with Crippen molar-refractivity contribution in [3.63, 3.8) is 0 Å². The van der Waals surface area contributed by atoms with Crippen LogP contribution in [-0.4, -0.2) is 13.2 Å². The average molecular weight is 285 g/mol. The Morgan fingerprint density at radius 1 is 1.15 bits per heavy atom. The van der Waals surface area contributed by atoms with Crippen LogP contribution in [0.15, 0.2) is 24.3 Å². The molecule has 0 aliphatic heterocycles. The molecule has 0 amide bonds. The maximum atomic E-state index is 12.5. The number of para-hydroxylation sites is 1. The molecule has 1 aromatic carbocycles. The Balaban J connectivity index is 2.87. The first-order valence-electron chi connectivity index (χ1n) is 7.31. The molecule has 0 saturated heterocycles. The van der Waals surface area contributed by atoms with Crippen molar-refractivity contribution in [2.75, 3.05) is 6.54 Å². The van der Waals surface area contributed by atoms with Gasteiger partial charge in [-0.2, -0.15) is 8.78 Å². The molecule has 4 heteroatoms. The van der Waals surface area contributed by atoms with E-state index in [1.807, 2.05) is 12.1 Å². The predicted octanol–water partition coefficient (Wildman–Crippen LogP) is 4.76. The van der Waals surface area contributed by atoms with Gasteiger partial charge in [-0.05, 0) is 37.8 Å². The molecule has 0 saturated carbocycles. The van der Waals surface area contributed by atoms with Crippen LogP contribution in [0.3, 0.4) is 0 Å². The molecule has 0 spiro atoms. The molecule has 1 aromatic rings. The molecule has 1 atom stereocenters. The fraction of sp³-hybridized carbons (Fsp3) is 0.625. The average Bonchev–Trinajstić information content (AvgIpc) is 2.39. The summed E-state index contributed by atoms with van der Waals surface area (Å²) in [7, 11) is 0. The normalized spacial score (nSPS) is 12.9. The third-order valence-corrected chi connectivity index (χ3v) is 3.18. The zero-order chi connectivity index (χ0) is 15.0. The lowest BCUT2D eigenvalue weighted by Gasteiger charge is -2.22. The standard InChI is InChI=1S/C16H25F2NO/c1-4-11-19-14(10-9-12(2)3)13-7-5-6-8-15(13)20-16(17)18/h5-8,12,14,16,19H,4,9-11H2,1-3H3.